The molecule has 1 saturated heterocycles. The summed E-state index contributed by atoms with van der Waals surface area (Å²) in [6, 6.07) is 12.8. The Kier molecular flexibility index (Phi) is 5.97. The molecule has 0 amide bonds. The first-order chi connectivity index (χ1) is 17.6. The second-order valence-electron chi connectivity index (χ2n) is 9.41. The second-order valence-corrected chi connectivity index (χ2v) is 9.41. The van der Waals surface area contributed by atoms with Gasteiger partial charge in [0.15, 0.2) is 0 Å². The zero-order valence-electron chi connectivity index (χ0n) is 19.8. The zero-order valence-corrected chi connectivity index (χ0v) is 19.8. The van der Waals surface area contributed by atoms with Crippen LogP contribution in [0.4, 0.5) is 10.2 Å². The van der Waals surface area contributed by atoms with Crippen molar-refractivity contribution in [1.82, 2.24) is 4.98 Å². The summed E-state index contributed by atoms with van der Waals surface area (Å²) in [5.41, 5.74) is 4.40. The van der Waals surface area contributed by atoms with Crippen molar-refractivity contribution in [3.05, 3.63) is 71.2 Å². The maximum atomic E-state index is 15.2. The zero-order chi connectivity index (χ0) is 24.6. The van der Waals surface area contributed by atoms with Crippen LogP contribution in [0.1, 0.15) is 41.6 Å². The van der Waals surface area contributed by atoms with Crippen LogP contribution in [0, 0.1) is 5.82 Å². The highest BCUT2D eigenvalue weighted by atomic mass is 19.1. The first kappa shape index (κ1) is 22.8. The Labute approximate surface area is 208 Å². The van der Waals surface area contributed by atoms with Gasteiger partial charge < -0.3 is 24.2 Å². The van der Waals surface area contributed by atoms with Crippen LogP contribution in [0.5, 0.6) is 11.5 Å². The van der Waals surface area contributed by atoms with E-state index in [0.29, 0.717) is 49.7 Å². The van der Waals surface area contributed by atoms with Crippen molar-refractivity contribution in [2.24, 2.45) is 0 Å². The SMILES string of the molecule is O=C(O)C[C@@H]1COc2cc(O[C@@H]3CCc4c(-c5cccnc5N5CCOCC5)ccc(F)c43)ccc21. The fourth-order valence-corrected chi connectivity index (χ4v) is 5.55. The molecule has 0 saturated carbocycles. The molecule has 1 aliphatic carbocycles. The van der Waals surface area contributed by atoms with Crippen LogP contribution >= 0.6 is 0 Å². The predicted molar refractivity (Wildman–Crippen MR) is 131 cm³/mol. The Balaban J connectivity index is 1.29. The van der Waals surface area contributed by atoms with E-state index in [1.54, 1.807) is 12.3 Å². The van der Waals surface area contributed by atoms with E-state index in [4.69, 9.17) is 19.3 Å². The first-order valence-electron chi connectivity index (χ1n) is 12.3. The molecule has 2 aromatic carbocycles. The van der Waals surface area contributed by atoms with Gasteiger partial charge >= 0.3 is 5.97 Å². The summed E-state index contributed by atoms with van der Waals surface area (Å²) in [5.74, 6) is 0.826. The quantitative estimate of drug-likeness (QED) is 0.535. The van der Waals surface area contributed by atoms with Gasteiger partial charge in [-0.25, -0.2) is 9.37 Å². The second kappa shape index (κ2) is 9.43. The summed E-state index contributed by atoms with van der Waals surface area (Å²) in [5, 5.41) is 9.13. The average Bonchev–Trinajstić information content (AvgIpc) is 3.49. The smallest absolute Gasteiger partial charge is 0.304 e. The lowest BCUT2D eigenvalue weighted by molar-refractivity contribution is -0.137. The molecule has 2 atom stereocenters. The van der Waals surface area contributed by atoms with Gasteiger partial charge in [0.2, 0.25) is 0 Å². The molecule has 0 bridgehead atoms. The maximum Gasteiger partial charge on any atom is 0.304 e. The van der Waals surface area contributed by atoms with Crippen molar-refractivity contribution in [2.75, 3.05) is 37.8 Å². The molecular weight excluding hydrogens is 463 g/mol. The molecule has 2 aliphatic heterocycles. The number of aliphatic carboxylic acids is 1. The Morgan fingerprint density at radius 1 is 1.17 bits per heavy atom. The number of halogens is 1. The lowest BCUT2D eigenvalue weighted by Crippen LogP contribution is -2.37. The number of hydrogen-bond donors (Lipinski definition) is 1. The van der Waals surface area contributed by atoms with E-state index in [2.05, 4.69) is 9.88 Å². The third-order valence-electron chi connectivity index (χ3n) is 7.23. The summed E-state index contributed by atoms with van der Waals surface area (Å²) in [7, 11) is 0. The normalized spacial score (nSPS) is 20.5. The minimum atomic E-state index is -0.851. The van der Waals surface area contributed by atoms with Gasteiger partial charge in [0, 0.05) is 48.0 Å². The topological polar surface area (TPSA) is 81.1 Å². The highest BCUT2D eigenvalue weighted by molar-refractivity contribution is 5.79. The number of hydrogen-bond acceptors (Lipinski definition) is 6. The summed E-state index contributed by atoms with van der Waals surface area (Å²) >= 11 is 0. The molecule has 8 heteroatoms. The molecule has 186 valence electrons. The number of pyridine rings is 1. The number of ether oxygens (including phenoxy) is 3. The standard InChI is InChI=1S/C28H27FN2O5/c29-23-7-5-20(22-2-1-9-30-28(22)31-10-12-34-13-11-31)21-6-8-24(27(21)23)36-18-3-4-19-17(14-26(32)33)16-35-25(19)15-18/h1-5,7,9,15,17,24H,6,8,10-14,16H2,(H,32,33)/t17-,24-/m1/s1. The number of fused-ring (bicyclic) bond motifs is 2. The fraction of sp³-hybridized carbons (Fsp3) is 0.357. The maximum absolute atomic E-state index is 15.2. The van der Waals surface area contributed by atoms with Crippen molar-refractivity contribution in [1.29, 1.82) is 0 Å². The van der Waals surface area contributed by atoms with Crippen molar-refractivity contribution in [2.45, 2.75) is 31.3 Å². The molecular formula is C28H27FN2O5. The third-order valence-corrected chi connectivity index (χ3v) is 7.23. The van der Waals surface area contributed by atoms with Gasteiger partial charge in [-0.05, 0) is 48.2 Å². The summed E-state index contributed by atoms with van der Waals surface area (Å²) in [4.78, 5) is 18.0. The van der Waals surface area contributed by atoms with E-state index in [0.717, 1.165) is 41.2 Å². The van der Waals surface area contributed by atoms with E-state index in [-0.39, 0.29) is 18.2 Å². The molecule has 3 heterocycles. The Hall–Kier alpha value is -3.65. The monoisotopic (exact) mass is 490 g/mol. The molecule has 1 fully saturated rings. The molecule has 0 unspecified atom stereocenters. The molecule has 1 N–H and O–H groups in total. The Morgan fingerprint density at radius 3 is 2.86 bits per heavy atom. The van der Waals surface area contributed by atoms with E-state index in [1.165, 1.54) is 6.07 Å². The summed E-state index contributed by atoms with van der Waals surface area (Å²) in [6.45, 7) is 3.20. The largest absolute Gasteiger partial charge is 0.492 e. The number of nitrogens with zero attached hydrogens (tertiary/aromatic N) is 2. The van der Waals surface area contributed by atoms with Gasteiger partial charge in [0.1, 0.15) is 29.2 Å². The van der Waals surface area contributed by atoms with Crippen molar-refractivity contribution in [3.8, 4) is 22.6 Å². The number of morpholine rings is 1. The number of aromatic nitrogens is 1. The molecule has 36 heavy (non-hydrogen) atoms. The highest BCUT2D eigenvalue weighted by Gasteiger charge is 2.32. The predicted octanol–water partition coefficient (Wildman–Crippen LogP) is 4.74. The number of benzene rings is 2. The number of anilines is 1. The van der Waals surface area contributed by atoms with E-state index in [9.17, 15) is 4.79 Å². The van der Waals surface area contributed by atoms with Gasteiger partial charge in [0.05, 0.1) is 26.2 Å². The molecule has 1 aromatic heterocycles. The van der Waals surface area contributed by atoms with Crippen molar-refractivity contribution >= 4 is 11.8 Å². The molecule has 7 nitrogen and oxygen atoms in total. The van der Waals surface area contributed by atoms with E-state index in [1.807, 2.05) is 30.3 Å². The van der Waals surface area contributed by atoms with Crippen LogP contribution < -0.4 is 14.4 Å². The number of carbonyl (C=O) groups is 1. The van der Waals surface area contributed by atoms with Crippen LogP contribution in [-0.2, 0) is 16.0 Å². The molecule has 3 aliphatic rings. The summed E-state index contributed by atoms with van der Waals surface area (Å²) < 4.78 is 32.7. The van der Waals surface area contributed by atoms with Crippen LogP contribution in [0.3, 0.4) is 0 Å². The number of carboxylic acids is 1. The van der Waals surface area contributed by atoms with Crippen LogP contribution in [0.2, 0.25) is 0 Å². The average molecular weight is 491 g/mol. The lowest BCUT2D eigenvalue weighted by atomic mass is 9.96. The molecule has 0 radical (unpaired) electrons. The highest BCUT2D eigenvalue weighted by Crippen LogP contribution is 2.45. The first-order valence-corrected chi connectivity index (χ1v) is 12.3. The van der Waals surface area contributed by atoms with Gasteiger partial charge in [-0.2, -0.15) is 0 Å². The lowest BCUT2D eigenvalue weighted by Gasteiger charge is -2.29. The van der Waals surface area contributed by atoms with Crippen molar-refractivity contribution in [3.63, 3.8) is 0 Å². The summed E-state index contributed by atoms with van der Waals surface area (Å²) in [6.07, 6.45) is 2.76. The van der Waals surface area contributed by atoms with E-state index < -0.39 is 12.1 Å². The molecule has 3 aromatic rings. The minimum absolute atomic E-state index is 0.0258. The molecule has 0 spiro atoms. The molecule has 6 rings (SSSR count). The Morgan fingerprint density at radius 2 is 2.03 bits per heavy atom. The number of carboxylic acid groups (broad SMARTS) is 1. The van der Waals surface area contributed by atoms with Crippen molar-refractivity contribution < 1.29 is 28.5 Å². The van der Waals surface area contributed by atoms with Gasteiger partial charge in [-0.3, -0.25) is 4.79 Å². The third kappa shape index (κ3) is 4.15. The Bertz CT molecular complexity index is 1310. The fourth-order valence-electron chi connectivity index (χ4n) is 5.55. The van der Waals surface area contributed by atoms with E-state index >= 15 is 4.39 Å². The minimum Gasteiger partial charge on any atom is -0.492 e. The van der Waals surface area contributed by atoms with Gasteiger partial charge in [-0.15, -0.1) is 0 Å². The van der Waals surface area contributed by atoms with Crippen LogP contribution in [0.15, 0.2) is 48.7 Å². The van der Waals surface area contributed by atoms with Gasteiger partial charge in [-0.1, -0.05) is 12.1 Å². The van der Waals surface area contributed by atoms with Crippen LogP contribution in [-0.4, -0.2) is 49.0 Å². The van der Waals surface area contributed by atoms with Gasteiger partial charge in [0.25, 0.3) is 0 Å². The van der Waals surface area contributed by atoms with Crippen LogP contribution in [0.25, 0.3) is 11.1 Å². The number of rotatable bonds is 6.